The predicted molar refractivity (Wildman–Crippen MR) is 136 cm³/mol. The maximum atomic E-state index is 6.91. The minimum Gasteiger partial charge on any atom is -0.494 e. The van der Waals surface area contributed by atoms with Crippen molar-refractivity contribution in [3.63, 3.8) is 0 Å². The van der Waals surface area contributed by atoms with Crippen LogP contribution in [0.3, 0.4) is 0 Å². The Balaban J connectivity index is 1.41. The first-order valence-electron chi connectivity index (χ1n) is 11.8. The molecule has 166 valence electrons. The van der Waals surface area contributed by atoms with Crippen LogP contribution in [-0.4, -0.2) is 31.1 Å². The first-order chi connectivity index (χ1) is 15.8. The van der Waals surface area contributed by atoms with Crippen molar-refractivity contribution in [2.24, 2.45) is 0 Å². The van der Waals surface area contributed by atoms with Gasteiger partial charge in [-0.2, -0.15) is 0 Å². The molecule has 4 rings (SSSR count). The molecule has 0 N–H and O–H groups in total. The Morgan fingerprint density at radius 2 is 1.28 bits per heavy atom. The van der Waals surface area contributed by atoms with E-state index >= 15 is 0 Å². The lowest BCUT2D eigenvalue weighted by Crippen LogP contribution is -2.30. The van der Waals surface area contributed by atoms with Crippen LogP contribution in [0.25, 0.3) is 10.6 Å². The zero-order valence-corrected chi connectivity index (χ0v) is 19.4. The minimum absolute atomic E-state index is 0.753. The van der Waals surface area contributed by atoms with Gasteiger partial charge in [0.2, 0.25) is 0 Å². The van der Waals surface area contributed by atoms with Crippen molar-refractivity contribution in [2.45, 2.75) is 32.1 Å². The summed E-state index contributed by atoms with van der Waals surface area (Å²) in [5.74, 6) is 0.912. The molecule has 1 aliphatic heterocycles. The van der Waals surface area contributed by atoms with E-state index in [-0.39, 0.29) is 0 Å². The monoisotopic (exact) mass is 445 g/mol. The van der Waals surface area contributed by atoms with Crippen LogP contribution in [0.2, 0.25) is 0 Å². The highest BCUT2D eigenvalue weighted by Gasteiger charge is 2.13. The SMILES string of the molecule is Cl/C(=C(\c1ccccc1)c1ccc(OCCCCN2CCCCC2)cc1)c1ccccc1. The summed E-state index contributed by atoms with van der Waals surface area (Å²) in [7, 11) is 0. The van der Waals surface area contributed by atoms with Crippen LogP contribution in [0.1, 0.15) is 48.8 Å². The highest BCUT2D eigenvalue weighted by Crippen LogP contribution is 2.35. The number of hydrogen-bond acceptors (Lipinski definition) is 2. The number of nitrogens with zero attached hydrogens (tertiary/aromatic N) is 1. The summed E-state index contributed by atoms with van der Waals surface area (Å²) in [6, 6.07) is 28.8. The van der Waals surface area contributed by atoms with Crippen LogP contribution in [0.4, 0.5) is 0 Å². The third-order valence-electron chi connectivity index (χ3n) is 6.04. The topological polar surface area (TPSA) is 12.5 Å². The van der Waals surface area contributed by atoms with Gasteiger partial charge in [0.25, 0.3) is 0 Å². The molecule has 3 heteroatoms. The van der Waals surface area contributed by atoms with Gasteiger partial charge in [-0.05, 0) is 74.1 Å². The molecular formula is C29H32ClNO. The molecule has 1 heterocycles. The van der Waals surface area contributed by atoms with Crippen LogP contribution < -0.4 is 4.74 Å². The van der Waals surface area contributed by atoms with E-state index < -0.39 is 0 Å². The average molecular weight is 446 g/mol. The second-order valence-electron chi connectivity index (χ2n) is 8.40. The van der Waals surface area contributed by atoms with Crippen LogP contribution in [-0.2, 0) is 0 Å². The van der Waals surface area contributed by atoms with Gasteiger partial charge in [0.1, 0.15) is 5.75 Å². The van der Waals surface area contributed by atoms with Crippen LogP contribution >= 0.6 is 11.6 Å². The van der Waals surface area contributed by atoms with E-state index in [9.17, 15) is 0 Å². The predicted octanol–water partition coefficient (Wildman–Crippen LogP) is 7.49. The summed E-state index contributed by atoms with van der Waals surface area (Å²) >= 11 is 6.91. The summed E-state index contributed by atoms with van der Waals surface area (Å²) in [4.78, 5) is 2.59. The maximum Gasteiger partial charge on any atom is 0.119 e. The number of likely N-dealkylation sites (tertiary alicyclic amines) is 1. The Morgan fingerprint density at radius 3 is 1.94 bits per heavy atom. The van der Waals surface area contributed by atoms with E-state index in [0.29, 0.717) is 0 Å². The molecule has 0 aromatic heterocycles. The molecule has 1 fully saturated rings. The second kappa shape index (κ2) is 11.9. The molecule has 1 saturated heterocycles. The molecule has 0 amide bonds. The van der Waals surface area contributed by atoms with Crippen LogP contribution in [0, 0.1) is 0 Å². The second-order valence-corrected chi connectivity index (χ2v) is 8.78. The fourth-order valence-electron chi connectivity index (χ4n) is 4.28. The molecule has 0 spiro atoms. The van der Waals surface area contributed by atoms with E-state index in [1.165, 1.54) is 45.3 Å². The van der Waals surface area contributed by atoms with Crippen molar-refractivity contribution in [3.05, 3.63) is 102 Å². The lowest BCUT2D eigenvalue weighted by molar-refractivity contribution is 0.216. The summed E-state index contributed by atoms with van der Waals surface area (Å²) in [5.41, 5.74) is 4.24. The molecule has 0 unspecified atom stereocenters. The highest BCUT2D eigenvalue weighted by molar-refractivity contribution is 6.53. The van der Waals surface area contributed by atoms with Crippen molar-refractivity contribution < 1.29 is 4.74 Å². The van der Waals surface area contributed by atoms with E-state index in [1.807, 2.05) is 48.5 Å². The number of benzene rings is 3. The van der Waals surface area contributed by atoms with Crippen molar-refractivity contribution in [1.82, 2.24) is 4.90 Å². The fourth-order valence-corrected chi connectivity index (χ4v) is 4.63. The Kier molecular flexibility index (Phi) is 8.42. The number of ether oxygens (including phenoxy) is 1. The van der Waals surface area contributed by atoms with Crippen molar-refractivity contribution in [3.8, 4) is 5.75 Å². The molecule has 0 atom stereocenters. The lowest BCUT2D eigenvalue weighted by atomic mass is 9.95. The number of halogens is 1. The van der Waals surface area contributed by atoms with Gasteiger partial charge in [-0.25, -0.2) is 0 Å². The number of piperidine rings is 1. The van der Waals surface area contributed by atoms with E-state index in [0.717, 1.165) is 46.1 Å². The van der Waals surface area contributed by atoms with E-state index in [2.05, 4.69) is 41.3 Å². The third-order valence-corrected chi connectivity index (χ3v) is 6.45. The van der Waals surface area contributed by atoms with Crippen molar-refractivity contribution in [2.75, 3.05) is 26.2 Å². The minimum atomic E-state index is 0.753. The van der Waals surface area contributed by atoms with Gasteiger partial charge in [0.05, 0.1) is 11.6 Å². The molecule has 3 aromatic rings. The molecule has 0 saturated carbocycles. The smallest absolute Gasteiger partial charge is 0.119 e. The Hall–Kier alpha value is -2.55. The normalized spacial score (nSPS) is 15.3. The summed E-state index contributed by atoms with van der Waals surface area (Å²) < 4.78 is 6.01. The zero-order chi connectivity index (χ0) is 22.0. The van der Waals surface area contributed by atoms with Gasteiger partial charge in [0.15, 0.2) is 0 Å². The van der Waals surface area contributed by atoms with Gasteiger partial charge < -0.3 is 9.64 Å². The number of hydrogen-bond donors (Lipinski definition) is 0. The van der Waals surface area contributed by atoms with Gasteiger partial charge in [0, 0.05) is 5.57 Å². The molecular weight excluding hydrogens is 414 g/mol. The standard InChI is InChI=1S/C29H32ClNO/c30-29(26-14-6-2-7-15-26)28(24-12-4-1-5-13-24)25-16-18-27(19-17-25)32-23-11-10-22-31-20-8-3-9-21-31/h1-2,4-7,12-19H,3,8-11,20-23H2/b29-28+. The molecule has 32 heavy (non-hydrogen) atoms. The first kappa shape index (κ1) is 22.6. The molecule has 0 aliphatic carbocycles. The van der Waals surface area contributed by atoms with Crippen molar-refractivity contribution in [1.29, 1.82) is 0 Å². The quantitative estimate of drug-likeness (QED) is 0.250. The molecule has 3 aromatic carbocycles. The Bertz CT molecular complexity index is 977. The largest absolute Gasteiger partial charge is 0.494 e. The zero-order valence-electron chi connectivity index (χ0n) is 18.7. The number of unbranched alkanes of at least 4 members (excludes halogenated alkanes) is 1. The van der Waals surface area contributed by atoms with Crippen molar-refractivity contribution >= 4 is 22.2 Å². The summed E-state index contributed by atoms with van der Waals surface area (Å²) in [6.07, 6.45) is 6.40. The highest BCUT2D eigenvalue weighted by atomic mass is 35.5. The van der Waals surface area contributed by atoms with Crippen LogP contribution in [0.5, 0.6) is 5.75 Å². The fraction of sp³-hybridized carbons (Fsp3) is 0.310. The Morgan fingerprint density at radius 1 is 0.688 bits per heavy atom. The van der Waals surface area contributed by atoms with Gasteiger partial charge in [-0.1, -0.05) is 90.8 Å². The maximum absolute atomic E-state index is 6.91. The molecule has 1 aliphatic rings. The number of rotatable bonds is 9. The van der Waals surface area contributed by atoms with Crippen LogP contribution in [0.15, 0.2) is 84.9 Å². The third kappa shape index (κ3) is 6.25. The van der Waals surface area contributed by atoms with Gasteiger partial charge in [-0.3, -0.25) is 0 Å². The van der Waals surface area contributed by atoms with Gasteiger partial charge in [-0.15, -0.1) is 0 Å². The molecule has 0 radical (unpaired) electrons. The van der Waals surface area contributed by atoms with Gasteiger partial charge >= 0.3 is 0 Å². The lowest BCUT2D eigenvalue weighted by Gasteiger charge is -2.26. The Labute approximate surface area is 197 Å². The molecule has 0 bridgehead atoms. The first-order valence-corrected chi connectivity index (χ1v) is 12.2. The average Bonchev–Trinajstić information content (AvgIpc) is 2.87. The molecule has 2 nitrogen and oxygen atoms in total. The van der Waals surface area contributed by atoms with E-state index in [4.69, 9.17) is 16.3 Å². The summed E-state index contributed by atoms with van der Waals surface area (Å²) in [5, 5.41) is 0.753. The summed E-state index contributed by atoms with van der Waals surface area (Å²) in [6.45, 7) is 4.50. The van der Waals surface area contributed by atoms with E-state index in [1.54, 1.807) is 0 Å².